The van der Waals surface area contributed by atoms with Gasteiger partial charge in [0.05, 0.1) is 11.5 Å². The first kappa shape index (κ1) is 15.1. The first-order valence-electron chi connectivity index (χ1n) is 8.21. The molecule has 22 heavy (non-hydrogen) atoms. The van der Waals surface area contributed by atoms with Crippen LogP contribution in [0.5, 0.6) is 0 Å². The minimum absolute atomic E-state index is 0.102. The molecule has 3 aliphatic rings. The van der Waals surface area contributed by atoms with Crippen molar-refractivity contribution in [1.29, 1.82) is 5.26 Å². The fourth-order valence-corrected chi connectivity index (χ4v) is 4.58. The number of nitrogens with one attached hydrogen (secondary N) is 1. The molecule has 3 fully saturated rings. The van der Waals surface area contributed by atoms with Gasteiger partial charge in [0.25, 0.3) is 0 Å². The number of amides is 2. The third-order valence-electron chi connectivity index (χ3n) is 5.83. The normalized spacial score (nSPS) is 36.9. The maximum Gasteiger partial charge on any atom is 0.317 e. The Balaban J connectivity index is 1.56. The summed E-state index contributed by atoms with van der Waals surface area (Å²) in [4.78, 5) is 25.8. The summed E-state index contributed by atoms with van der Waals surface area (Å²) in [5.74, 6) is -0.260. The molecule has 0 spiro atoms. The van der Waals surface area contributed by atoms with Crippen molar-refractivity contribution in [2.24, 2.45) is 17.3 Å². The lowest BCUT2D eigenvalue weighted by molar-refractivity contribution is -0.149. The molecule has 4 atom stereocenters. The molecule has 0 unspecified atom stereocenters. The zero-order valence-electron chi connectivity index (χ0n) is 12.8. The number of carboxylic acids is 1. The first-order valence-corrected chi connectivity index (χ1v) is 8.21. The molecule has 120 valence electrons. The van der Waals surface area contributed by atoms with Gasteiger partial charge in [-0.1, -0.05) is 6.42 Å². The van der Waals surface area contributed by atoms with Crippen LogP contribution in [-0.4, -0.2) is 41.1 Å². The third-order valence-corrected chi connectivity index (χ3v) is 5.83. The van der Waals surface area contributed by atoms with Gasteiger partial charge in [-0.2, -0.15) is 5.26 Å². The molecule has 2 aliphatic carbocycles. The summed E-state index contributed by atoms with van der Waals surface area (Å²) in [5.41, 5.74) is -0.712. The number of rotatable bonds is 3. The molecule has 3 rings (SSSR count). The van der Waals surface area contributed by atoms with Gasteiger partial charge in [0, 0.05) is 25.6 Å². The Morgan fingerprint density at radius 1 is 1.36 bits per heavy atom. The van der Waals surface area contributed by atoms with Gasteiger partial charge >= 0.3 is 12.0 Å². The molecule has 0 bridgehead atoms. The molecular formula is C16H23N3O3. The number of nitriles is 1. The first-order chi connectivity index (χ1) is 10.5. The molecule has 0 aromatic heterocycles. The Labute approximate surface area is 130 Å². The second-order valence-electron chi connectivity index (χ2n) is 7.12. The molecule has 1 heterocycles. The van der Waals surface area contributed by atoms with E-state index in [1.54, 1.807) is 4.90 Å². The molecule has 6 heteroatoms. The average Bonchev–Trinajstić information content (AvgIpc) is 3.12. The molecular weight excluding hydrogens is 282 g/mol. The van der Waals surface area contributed by atoms with E-state index in [0.29, 0.717) is 31.8 Å². The van der Waals surface area contributed by atoms with Gasteiger partial charge in [0.15, 0.2) is 0 Å². The lowest BCUT2D eigenvalue weighted by Crippen LogP contribution is -2.44. The van der Waals surface area contributed by atoms with Crippen LogP contribution < -0.4 is 5.32 Å². The Bertz CT molecular complexity index is 515. The van der Waals surface area contributed by atoms with Crippen molar-refractivity contribution in [3.05, 3.63) is 0 Å². The maximum absolute atomic E-state index is 12.4. The number of likely N-dealkylation sites (tertiary alicyclic amines) is 1. The van der Waals surface area contributed by atoms with Crippen molar-refractivity contribution in [1.82, 2.24) is 10.2 Å². The Morgan fingerprint density at radius 2 is 2.18 bits per heavy atom. The van der Waals surface area contributed by atoms with Gasteiger partial charge in [-0.3, -0.25) is 4.79 Å². The second-order valence-corrected chi connectivity index (χ2v) is 7.12. The molecule has 2 amide bonds. The van der Waals surface area contributed by atoms with Crippen molar-refractivity contribution in [2.75, 3.05) is 13.1 Å². The fourth-order valence-electron chi connectivity index (χ4n) is 4.58. The highest BCUT2D eigenvalue weighted by Gasteiger charge is 2.55. The van der Waals surface area contributed by atoms with Crippen molar-refractivity contribution >= 4 is 12.0 Å². The summed E-state index contributed by atoms with van der Waals surface area (Å²) in [5, 5.41) is 21.3. The summed E-state index contributed by atoms with van der Waals surface area (Å²) in [6, 6.07) is 2.20. The van der Waals surface area contributed by atoms with Crippen LogP contribution in [0.4, 0.5) is 4.79 Å². The standard InChI is InChI=1S/C16H23N3O3/c17-7-5-11-3-4-13(8-11)18-15(22)19-9-12-2-1-6-16(12,10-19)14(20)21/h11-13H,1-6,8-10H2,(H,18,22)(H,20,21)/t11-,12-,13-,16+/m0/s1. The summed E-state index contributed by atoms with van der Waals surface area (Å²) < 4.78 is 0. The Morgan fingerprint density at radius 3 is 2.86 bits per heavy atom. The summed E-state index contributed by atoms with van der Waals surface area (Å²) in [7, 11) is 0. The number of carbonyl (C=O) groups excluding carboxylic acids is 1. The summed E-state index contributed by atoms with van der Waals surface area (Å²) in [6.07, 6.45) is 5.86. The quantitative estimate of drug-likeness (QED) is 0.833. The van der Waals surface area contributed by atoms with Crippen LogP contribution in [0.3, 0.4) is 0 Å². The number of carbonyl (C=O) groups is 2. The van der Waals surface area contributed by atoms with Gasteiger partial charge in [-0.05, 0) is 43.9 Å². The Kier molecular flexibility index (Phi) is 3.98. The summed E-state index contributed by atoms with van der Waals surface area (Å²) >= 11 is 0. The number of urea groups is 1. The van der Waals surface area contributed by atoms with Gasteiger partial charge in [-0.25, -0.2) is 4.79 Å². The third kappa shape index (κ3) is 2.53. The van der Waals surface area contributed by atoms with Crippen molar-refractivity contribution in [3.63, 3.8) is 0 Å². The number of fused-ring (bicyclic) bond motifs is 1. The van der Waals surface area contributed by atoms with E-state index >= 15 is 0 Å². The predicted molar refractivity (Wildman–Crippen MR) is 78.9 cm³/mol. The highest BCUT2D eigenvalue weighted by atomic mass is 16.4. The molecule has 0 aromatic rings. The number of hydrogen-bond acceptors (Lipinski definition) is 3. The van der Waals surface area contributed by atoms with E-state index in [2.05, 4.69) is 11.4 Å². The summed E-state index contributed by atoms with van der Waals surface area (Å²) in [6.45, 7) is 0.902. The Hall–Kier alpha value is -1.77. The zero-order valence-corrected chi connectivity index (χ0v) is 12.8. The van der Waals surface area contributed by atoms with Crippen molar-refractivity contribution in [2.45, 2.75) is 51.0 Å². The van der Waals surface area contributed by atoms with Crippen LogP contribution in [-0.2, 0) is 4.79 Å². The van der Waals surface area contributed by atoms with Gasteiger partial charge in [0.2, 0.25) is 0 Å². The average molecular weight is 305 g/mol. The lowest BCUT2D eigenvalue weighted by Gasteiger charge is -2.24. The van der Waals surface area contributed by atoms with Gasteiger partial charge in [-0.15, -0.1) is 0 Å². The van der Waals surface area contributed by atoms with E-state index in [0.717, 1.165) is 32.1 Å². The molecule has 2 N–H and O–H groups in total. The number of aliphatic carboxylic acids is 1. The topological polar surface area (TPSA) is 93.4 Å². The van der Waals surface area contributed by atoms with Crippen molar-refractivity contribution in [3.8, 4) is 6.07 Å². The highest BCUT2D eigenvalue weighted by Crippen LogP contribution is 2.48. The van der Waals surface area contributed by atoms with Crippen LogP contribution >= 0.6 is 0 Å². The molecule has 1 saturated heterocycles. The number of nitrogens with zero attached hydrogens (tertiary/aromatic N) is 2. The number of hydrogen-bond donors (Lipinski definition) is 2. The predicted octanol–water partition coefficient (Wildman–Crippen LogP) is 1.97. The molecule has 2 saturated carbocycles. The van der Waals surface area contributed by atoms with E-state index in [1.165, 1.54) is 0 Å². The second kappa shape index (κ2) is 5.79. The minimum atomic E-state index is -0.750. The van der Waals surface area contributed by atoms with Crippen LogP contribution in [0, 0.1) is 28.6 Å². The van der Waals surface area contributed by atoms with E-state index in [4.69, 9.17) is 5.26 Å². The van der Waals surface area contributed by atoms with E-state index in [9.17, 15) is 14.7 Å². The van der Waals surface area contributed by atoms with Crippen LogP contribution in [0.15, 0.2) is 0 Å². The highest BCUT2D eigenvalue weighted by molar-refractivity contribution is 5.80. The fraction of sp³-hybridized carbons (Fsp3) is 0.812. The van der Waals surface area contributed by atoms with Gasteiger partial charge in [0.1, 0.15) is 0 Å². The maximum atomic E-state index is 12.4. The molecule has 1 aliphatic heterocycles. The van der Waals surface area contributed by atoms with Crippen molar-refractivity contribution < 1.29 is 14.7 Å². The molecule has 0 aromatic carbocycles. The molecule has 6 nitrogen and oxygen atoms in total. The minimum Gasteiger partial charge on any atom is -0.481 e. The van der Waals surface area contributed by atoms with E-state index in [-0.39, 0.29) is 18.0 Å². The van der Waals surface area contributed by atoms with Crippen LogP contribution in [0.2, 0.25) is 0 Å². The van der Waals surface area contributed by atoms with E-state index < -0.39 is 11.4 Å². The van der Waals surface area contributed by atoms with Crippen LogP contribution in [0.25, 0.3) is 0 Å². The number of carboxylic acid groups (broad SMARTS) is 1. The molecule has 0 radical (unpaired) electrons. The van der Waals surface area contributed by atoms with E-state index in [1.807, 2.05) is 0 Å². The lowest BCUT2D eigenvalue weighted by atomic mass is 9.81. The zero-order chi connectivity index (χ0) is 15.7. The monoisotopic (exact) mass is 305 g/mol. The SMILES string of the molecule is N#CC[C@@H]1CC[C@H](NC(=O)N2C[C@@H]3CCC[C@@]3(C(=O)O)C2)C1. The smallest absolute Gasteiger partial charge is 0.317 e. The van der Waals surface area contributed by atoms with Gasteiger partial charge < -0.3 is 15.3 Å². The largest absolute Gasteiger partial charge is 0.481 e. The van der Waals surface area contributed by atoms with Crippen LogP contribution in [0.1, 0.15) is 44.9 Å².